The van der Waals surface area contributed by atoms with Gasteiger partial charge < -0.3 is 14.6 Å². The van der Waals surface area contributed by atoms with Gasteiger partial charge in [-0.1, -0.05) is 0 Å². The third-order valence-electron chi connectivity index (χ3n) is 4.32. The molecule has 0 saturated carbocycles. The van der Waals surface area contributed by atoms with Crippen LogP contribution >= 0.6 is 0 Å². The third-order valence-corrected chi connectivity index (χ3v) is 4.32. The third kappa shape index (κ3) is 2.86. The largest absolute Gasteiger partial charge is 0.419 e. The number of carbonyl (C=O) groups excluding carboxylic acids is 1. The van der Waals surface area contributed by atoms with Gasteiger partial charge in [0.05, 0.1) is 11.1 Å². The first kappa shape index (κ1) is 16.8. The minimum Gasteiger partial charge on any atom is -0.329 e. The van der Waals surface area contributed by atoms with E-state index in [1.807, 2.05) is 20.8 Å². The molecule has 1 fully saturated rings. The van der Waals surface area contributed by atoms with Gasteiger partial charge in [-0.2, -0.15) is 13.2 Å². The number of halogens is 3. The molecule has 1 unspecified atom stereocenters. The molecule has 0 aliphatic carbocycles. The van der Waals surface area contributed by atoms with Gasteiger partial charge in [0.1, 0.15) is 11.3 Å². The van der Waals surface area contributed by atoms with E-state index in [0.29, 0.717) is 13.1 Å². The molecular weight excluding hydrogens is 321 g/mol. The number of nitrogens with one attached hydrogen (secondary N) is 1. The van der Waals surface area contributed by atoms with Crippen LogP contribution in [-0.4, -0.2) is 44.9 Å². The lowest BCUT2D eigenvalue weighted by Gasteiger charge is -2.45. The molecule has 8 heteroatoms. The zero-order valence-electron chi connectivity index (χ0n) is 13.7. The second-order valence-electron chi connectivity index (χ2n) is 6.79. The van der Waals surface area contributed by atoms with Crippen molar-refractivity contribution in [1.29, 1.82) is 0 Å². The average Bonchev–Trinajstić information content (AvgIpc) is 2.91. The highest BCUT2D eigenvalue weighted by Gasteiger charge is 2.38. The maximum Gasteiger partial charge on any atom is 0.419 e. The molecule has 0 radical (unpaired) electrons. The molecule has 3 rings (SSSR count). The minimum absolute atomic E-state index is 0.0221. The van der Waals surface area contributed by atoms with Crippen LogP contribution in [0, 0.1) is 0 Å². The Labute approximate surface area is 137 Å². The lowest BCUT2D eigenvalue weighted by atomic mass is 9.97. The summed E-state index contributed by atoms with van der Waals surface area (Å²) in [6.45, 7) is 6.88. The topological polar surface area (TPSA) is 49.6 Å². The average molecular weight is 340 g/mol. The van der Waals surface area contributed by atoms with Crippen LogP contribution in [0.2, 0.25) is 0 Å². The van der Waals surface area contributed by atoms with E-state index < -0.39 is 17.3 Å². The van der Waals surface area contributed by atoms with Gasteiger partial charge in [-0.3, -0.25) is 4.79 Å². The molecule has 1 atom stereocenters. The SMILES string of the molecule is CC1CN(C(=O)c2cn3cccc(C(F)(F)F)c3n2)C(C)(C)CN1. The van der Waals surface area contributed by atoms with Crippen molar-refractivity contribution in [1.82, 2.24) is 19.6 Å². The Morgan fingerprint density at radius 3 is 2.79 bits per heavy atom. The zero-order valence-corrected chi connectivity index (χ0v) is 13.7. The minimum atomic E-state index is -4.52. The van der Waals surface area contributed by atoms with Crippen molar-refractivity contribution in [3.8, 4) is 0 Å². The van der Waals surface area contributed by atoms with Gasteiger partial charge in [-0.15, -0.1) is 0 Å². The first-order valence-corrected chi connectivity index (χ1v) is 7.70. The van der Waals surface area contributed by atoms with E-state index in [1.165, 1.54) is 22.9 Å². The number of amides is 1. The van der Waals surface area contributed by atoms with Crippen LogP contribution < -0.4 is 5.32 Å². The van der Waals surface area contributed by atoms with Crippen LogP contribution in [0.5, 0.6) is 0 Å². The Hall–Kier alpha value is -2.09. The Morgan fingerprint density at radius 2 is 2.12 bits per heavy atom. The molecule has 1 N–H and O–H groups in total. The van der Waals surface area contributed by atoms with Crippen molar-refractivity contribution in [2.45, 2.75) is 38.5 Å². The molecule has 1 saturated heterocycles. The zero-order chi connectivity index (χ0) is 17.7. The first-order chi connectivity index (χ1) is 11.1. The summed E-state index contributed by atoms with van der Waals surface area (Å²) in [5, 5.41) is 3.30. The second-order valence-corrected chi connectivity index (χ2v) is 6.79. The summed E-state index contributed by atoms with van der Waals surface area (Å²) in [5.74, 6) is -0.356. The number of imidazole rings is 1. The number of pyridine rings is 1. The van der Waals surface area contributed by atoms with E-state index in [1.54, 1.807) is 4.90 Å². The molecule has 2 aromatic heterocycles. The van der Waals surface area contributed by atoms with Crippen molar-refractivity contribution in [3.63, 3.8) is 0 Å². The Kier molecular flexibility index (Phi) is 3.82. The summed E-state index contributed by atoms with van der Waals surface area (Å²) < 4.78 is 40.5. The van der Waals surface area contributed by atoms with Crippen LogP contribution in [0.4, 0.5) is 13.2 Å². The Morgan fingerprint density at radius 1 is 1.42 bits per heavy atom. The van der Waals surface area contributed by atoms with Gasteiger partial charge in [0.25, 0.3) is 5.91 Å². The number of rotatable bonds is 1. The van der Waals surface area contributed by atoms with Crippen molar-refractivity contribution in [2.24, 2.45) is 0 Å². The van der Waals surface area contributed by atoms with Gasteiger partial charge in [0, 0.05) is 31.5 Å². The molecule has 2 aromatic rings. The summed E-state index contributed by atoms with van der Waals surface area (Å²) in [7, 11) is 0. The Balaban J connectivity index is 2.02. The molecular formula is C16H19F3N4O. The van der Waals surface area contributed by atoms with Crippen molar-refractivity contribution < 1.29 is 18.0 Å². The molecule has 3 heterocycles. The van der Waals surface area contributed by atoms with Crippen LogP contribution in [0.3, 0.4) is 0 Å². The van der Waals surface area contributed by atoms with E-state index in [-0.39, 0.29) is 23.3 Å². The number of aromatic nitrogens is 2. The normalized spacial score (nSPS) is 21.2. The molecule has 1 amide bonds. The number of piperazine rings is 1. The summed E-state index contributed by atoms with van der Waals surface area (Å²) in [6.07, 6.45) is -1.70. The van der Waals surface area contributed by atoms with E-state index in [4.69, 9.17) is 0 Å². The molecule has 1 aliphatic heterocycles. The lowest BCUT2D eigenvalue weighted by molar-refractivity contribution is -0.136. The predicted octanol–water partition coefficient (Wildman–Crippen LogP) is 2.57. The highest BCUT2D eigenvalue weighted by molar-refractivity contribution is 5.93. The number of nitrogens with zero attached hydrogens (tertiary/aromatic N) is 3. The van der Waals surface area contributed by atoms with Gasteiger partial charge in [-0.05, 0) is 32.9 Å². The quantitative estimate of drug-likeness (QED) is 0.868. The van der Waals surface area contributed by atoms with Gasteiger partial charge in [0.15, 0.2) is 0 Å². The van der Waals surface area contributed by atoms with Crippen LogP contribution in [0.15, 0.2) is 24.5 Å². The maximum absolute atomic E-state index is 13.1. The summed E-state index contributed by atoms with van der Waals surface area (Å²) >= 11 is 0. The van der Waals surface area contributed by atoms with E-state index in [9.17, 15) is 18.0 Å². The maximum atomic E-state index is 13.1. The molecule has 24 heavy (non-hydrogen) atoms. The molecule has 0 bridgehead atoms. The standard InChI is InChI=1S/C16H19F3N4O/c1-10-7-23(15(2,3)9-20-10)14(24)12-8-22-6-4-5-11(13(22)21-12)16(17,18)19/h4-6,8,10,20H,7,9H2,1-3H3. The van der Waals surface area contributed by atoms with E-state index in [2.05, 4.69) is 10.3 Å². The number of fused-ring (bicyclic) bond motifs is 1. The number of hydrogen-bond acceptors (Lipinski definition) is 3. The summed E-state index contributed by atoms with van der Waals surface area (Å²) in [4.78, 5) is 18.5. The predicted molar refractivity (Wildman–Crippen MR) is 82.8 cm³/mol. The summed E-state index contributed by atoms with van der Waals surface area (Å²) in [6, 6.07) is 2.38. The van der Waals surface area contributed by atoms with Crippen LogP contribution in [0.1, 0.15) is 36.8 Å². The number of alkyl halides is 3. The highest BCUT2D eigenvalue weighted by atomic mass is 19.4. The van der Waals surface area contributed by atoms with E-state index >= 15 is 0 Å². The van der Waals surface area contributed by atoms with Crippen molar-refractivity contribution >= 4 is 11.6 Å². The second kappa shape index (κ2) is 5.47. The van der Waals surface area contributed by atoms with Crippen LogP contribution in [0.25, 0.3) is 5.65 Å². The molecule has 130 valence electrons. The van der Waals surface area contributed by atoms with Crippen molar-refractivity contribution in [2.75, 3.05) is 13.1 Å². The summed E-state index contributed by atoms with van der Waals surface area (Å²) in [5.41, 5.74) is -1.52. The van der Waals surface area contributed by atoms with Gasteiger partial charge in [-0.25, -0.2) is 4.98 Å². The fourth-order valence-electron chi connectivity index (χ4n) is 2.94. The molecule has 0 aromatic carbocycles. The fraction of sp³-hybridized carbons (Fsp3) is 0.500. The highest BCUT2D eigenvalue weighted by Crippen LogP contribution is 2.32. The van der Waals surface area contributed by atoms with Gasteiger partial charge >= 0.3 is 6.18 Å². The first-order valence-electron chi connectivity index (χ1n) is 7.70. The number of carbonyl (C=O) groups is 1. The Bertz CT molecular complexity index is 781. The smallest absolute Gasteiger partial charge is 0.329 e. The monoisotopic (exact) mass is 340 g/mol. The molecule has 5 nitrogen and oxygen atoms in total. The van der Waals surface area contributed by atoms with Crippen molar-refractivity contribution in [3.05, 3.63) is 35.8 Å². The van der Waals surface area contributed by atoms with Crippen LogP contribution in [-0.2, 0) is 6.18 Å². The fourth-order valence-corrected chi connectivity index (χ4v) is 2.94. The van der Waals surface area contributed by atoms with E-state index in [0.717, 1.165) is 6.07 Å². The lowest BCUT2D eigenvalue weighted by Crippen LogP contribution is -2.62. The molecule has 1 aliphatic rings. The van der Waals surface area contributed by atoms with Gasteiger partial charge in [0.2, 0.25) is 0 Å². The number of hydrogen-bond donors (Lipinski definition) is 1. The molecule has 0 spiro atoms.